The standard InChI is InChI=1S/C15H22ClN3O2/c1-21-10-9-19-15(20)14(16)13(11-18-19)17-8-7-12-5-3-2-4-6-12/h5,11,17H,2-4,6-10H2,1H3. The van der Waals surface area contributed by atoms with Crippen LogP contribution in [0.1, 0.15) is 32.1 Å². The van der Waals surface area contributed by atoms with Gasteiger partial charge in [0.25, 0.3) is 5.56 Å². The third kappa shape index (κ3) is 4.58. The second-order valence-electron chi connectivity index (χ2n) is 5.18. The molecule has 0 saturated heterocycles. The summed E-state index contributed by atoms with van der Waals surface area (Å²) in [6.45, 7) is 1.61. The predicted octanol–water partition coefficient (Wildman–Crippen LogP) is 2.85. The number of nitrogens with one attached hydrogen (secondary N) is 1. The van der Waals surface area contributed by atoms with E-state index in [0.29, 0.717) is 18.8 Å². The molecule has 0 unspecified atom stereocenters. The molecule has 2 rings (SSSR count). The SMILES string of the molecule is COCCn1ncc(NCCC2=CCCCC2)c(Cl)c1=O. The molecule has 5 nitrogen and oxygen atoms in total. The van der Waals surface area contributed by atoms with E-state index in [4.69, 9.17) is 16.3 Å². The van der Waals surface area contributed by atoms with Gasteiger partial charge in [-0.3, -0.25) is 4.79 Å². The Hall–Kier alpha value is -1.33. The molecular formula is C15H22ClN3O2. The zero-order valence-corrected chi connectivity index (χ0v) is 13.2. The summed E-state index contributed by atoms with van der Waals surface area (Å²) in [4.78, 5) is 12.0. The van der Waals surface area contributed by atoms with Crippen molar-refractivity contribution in [3.05, 3.63) is 33.2 Å². The van der Waals surface area contributed by atoms with Gasteiger partial charge in [-0.25, -0.2) is 4.68 Å². The number of aromatic nitrogens is 2. The van der Waals surface area contributed by atoms with Crippen LogP contribution >= 0.6 is 11.6 Å². The molecule has 0 radical (unpaired) electrons. The minimum absolute atomic E-state index is 0.193. The quantitative estimate of drug-likeness (QED) is 0.787. The lowest BCUT2D eigenvalue weighted by molar-refractivity contribution is 0.182. The van der Waals surface area contributed by atoms with Crippen molar-refractivity contribution in [2.45, 2.75) is 38.6 Å². The number of rotatable bonds is 7. The first kappa shape index (κ1) is 16.0. The monoisotopic (exact) mass is 311 g/mol. The molecule has 21 heavy (non-hydrogen) atoms. The van der Waals surface area contributed by atoms with Crippen LogP contribution in [0.4, 0.5) is 5.69 Å². The van der Waals surface area contributed by atoms with E-state index in [1.165, 1.54) is 35.9 Å². The van der Waals surface area contributed by atoms with Gasteiger partial charge in [0.05, 0.1) is 25.0 Å². The summed E-state index contributed by atoms with van der Waals surface area (Å²) in [5.74, 6) is 0. The van der Waals surface area contributed by atoms with Crippen molar-refractivity contribution in [2.75, 3.05) is 25.6 Å². The number of methoxy groups -OCH3 is 1. The number of ether oxygens (including phenoxy) is 1. The van der Waals surface area contributed by atoms with E-state index >= 15 is 0 Å². The highest BCUT2D eigenvalue weighted by Crippen LogP contribution is 2.21. The third-order valence-corrected chi connectivity index (χ3v) is 4.00. The molecule has 116 valence electrons. The van der Waals surface area contributed by atoms with Crippen LogP contribution in [0.25, 0.3) is 0 Å². The van der Waals surface area contributed by atoms with Gasteiger partial charge in [0.1, 0.15) is 5.02 Å². The molecular weight excluding hydrogens is 290 g/mol. The number of halogens is 1. The van der Waals surface area contributed by atoms with E-state index in [2.05, 4.69) is 16.5 Å². The van der Waals surface area contributed by atoms with Gasteiger partial charge in [-0.1, -0.05) is 23.3 Å². The topological polar surface area (TPSA) is 56.1 Å². The van der Waals surface area contributed by atoms with Gasteiger partial charge in [-0.2, -0.15) is 5.10 Å². The fraction of sp³-hybridized carbons (Fsp3) is 0.600. The minimum atomic E-state index is -0.282. The molecule has 6 heteroatoms. The summed E-state index contributed by atoms with van der Waals surface area (Å²) in [7, 11) is 1.59. The summed E-state index contributed by atoms with van der Waals surface area (Å²) >= 11 is 6.11. The zero-order valence-electron chi connectivity index (χ0n) is 12.4. The normalized spacial score (nSPS) is 14.9. The van der Waals surface area contributed by atoms with Crippen molar-refractivity contribution in [2.24, 2.45) is 0 Å². The summed E-state index contributed by atoms with van der Waals surface area (Å²) in [6, 6.07) is 0. The largest absolute Gasteiger partial charge is 0.383 e. The Balaban J connectivity index is 1.92. The Morgan fingerprint density at radius 1 is 1.48 bits per heavy atom. The average Bonchev–Trinajstić information content (AvgIpc) is 2.52. The van der Waals surface area contributed by atoms with Crippen LogP contribution in [-0.2, 0) is 11.3 Å². The first-order valence-corrected chi connectivity index (χ1v) is 7.76. The molecule has 0 saturated carbocycles. The molecule has 1 aliphatic carbocycles. The lowest BCUT2D eigenvalue weighted by atomic mass is 9.97. The lowest BCUT2D eigenvalue weighted by Gasteiger charge is -2.14. The van der Waals surface area contributed by atoms with Gasteiger partial charge in [0.2, 0.25) is 0 Å². The Morgan fingerprint density at radius 2 is 2.33 bits per heavy atom. The third-order valence-electron chi connectivity index (χ3n) is 3.64. The van der Waals surface area contributed by atoms with Crippen LogP contribution in [0.3, 0.4) is 0 Å². The number of nitrogens with zero attached hydrogens (tertiary/aromatic N) is 2. The van der Waals surface area contributed by atoms with Gasteiger partial charge in [-0.05, 0) is 32.1 Å². The van der Waals surface area contributed by atoms with E-state index < -0.39 is 0 Å². The van der Waals surface area contributed by atoms with Crippen molar-refractivity contribution >= 4 is 17.3 Å². The first-order chi connectivity index (χ1) is 10.2. The molecule has 0 aromatic carbocycles. The first-order valence-electron chi connectivity index (χ1n) is 7.38. The maximum absolute atomic E-state index is 12.0. The van der Waals surface area contributed by atoms with E-state index in [-0.39, 0.29) is 10.6 Å². The molecule has 1 aromatic heterocycles. The van der Waals surface area contributed by atoms with Crippen LogP contribution < -0.4 is 10.9 Å². The van der Waals surface area contributed by atoms with Gasteiger partial charge < -0.3 is 10.1 Å². The van der Waals surface area contributed by atoms with E-state index in [0.717, 1.165) is 13.0 Å². The number of anilines is 1. The number of hydrogen-bond acceptors (Lipinski definition) is 4. The fourth-order valence-corrected chi connectivity index (χ4v) is 2.63. The number of allylic oxidation sites excluding steroid dienone is 1. The van der Waals surface area contributed by atoms with Crippen molar-refractivity contribution in [1.29, 1.82) is 0 Å². The van der Waals surface area contributed by atoms with Crippen LogP contribution in [0.15, 0.2) is 22.6 Å². The van der Waals surface area contributed by atoms with Gasteiger partial charge in [0, 0.05) is 13.7 Å². The van der Waals surface area contributed by atoms with Crippen molar-refractivity contribution in [1.82, 2.24) is 9.78 Å². The smallest absolute Gasteiger partial charge is 0.287 e. The fourth-order valence-electron chi connectivity index (χ4n) is 2.41. The van der Waals surface area contributed by atoms with Crippen LogP contribution in [0.2, 0.25) is 5.02 Å². The molecule has 0 amide bonds. The molecule has 1 heterocycles. The average molecular weight is 312 g/mol. The van der Waals surface area contributed by atoms with Crippen LogP contribution in [0.5, 0.6) is 0 Å². The van der Waals surface area contributed by atoms with Crippen molar-refractivity contribution < 1.29 is 4.74 Å². The molecule has 1 aromatic rings. The molecule has 1 aliphatic rings. The highest BCUT2D eigenvalue weighted by Gasteiger charge is 2.09. The molecule has 1 N–H and O–H groups in total. The molecule has 0 bridgehead atoms. The lowest BCUT2D eigenvalue weighted by Crippen LogP contribution is -2.26. The minimum Gasteiger partial charge on any atom is -0.383 e. The summed E-state index contributed by atoms with van der Waals surface area (Å²) in [6.07, 6.45) is 9.88. The second kappa shape index (κ2) is 8.20. The van der Waals surface area contributed by atoms with E-state index in [1.54, 1.807) is 13.3 Å². The Bertz CT molecular complexity index is 554. The summed E-state index contributed by atoms with van der Waals surface area (Å²) < 4.78 is 6.26. The molecule has 0 spiro atoms. The van der Waals surface area contributed by atoms with Crippen molar-refractivity contribution in [3.8, 4) is 0 Å². The van der Waals surface area contributed by atoms with Gasteiger partial charge in [-0.15, -0.1) is 0 Å². The Morgan fingerprint density at radius 3 is 3.05 bits per heavy atom. The molecule has 0 aliphatic heterocycles. The maximum atomic E-state index is 12.0. The second-order valence-corrected chi connectivity index (χ2v) is 5.56. The molecule has 0 atom stereocenters. The highest BCUT2D eigenvalue weighted by molar-refractivity contribution is 6.32. The predicted molar refractivity (Wildman–Crippen MR) is 85.0 cm³/mol. The zero-order chi connectivity index (χ0) is 15.1. The van der Waals surface area contributed by atoms with E-state index in [9.17, 15) is 4.79 Å². The van der Waals surface area contributed by atoms with Crippen LogP contribution in [0, 0.1) is 0 Å². The summed E-state index contributed by atoms with van der Waals surface area (Å²) in [5.41, 5.74) is 1.81. The highest BCUT2D eigenvalue weighted by atomic mass is 35.5. The molecule has 0 fully saturated rings. The van der Waals surface area contributed by atoms with E-state index in [1.807, 2.05) is 0 Å². The van der Waals surface area contributed by atoms with Gasteiger partial charge >= 0.3 is 0 Å². The number of hydrogen-bond donors (Lipinski definition) is 1. The van der Waals surface area contributed by atoms with Crippen LogP contribution in [-0.4, -0.2) is 30.0 Å². The van der Waals surface area contributed by atoms with Gasteiger partial charge in [0.15, 0.2) is 0 Å². The Labute approximate surface area is 129 Å². The van der Waals surface area contributed by atoms with Crippen molar-refractivity contribution in [3.63, 3.8) is 0 Å². The maximum Gasteiger partial charge on any atom is 0.287 e. The summed E-state index contributed by atoms with van der Waals surface area (Å²) in [5, 5.41) is 7.50. The Kier molecular flexibility index (Phi) is 6.26.